The molecule has 2 aromatic carbocycles. The highest BCUT2D eigenvalue weighted by molar-refractivity contribution is 6.22. The Morgan fingerprint density at radius 3 is 1.68 bits per heavy atom. The van der Waals surface area contributed by atoms with Crippen LogP contribution in [0, 0.1) is 5.92 Å². The van der Waals surface area contributed by atoms with Crippen LogP contribution >= 0.6 is 0 Å². The predicted octanol–water partition coefficient (Wildman–Crippen LogP) is 4.34. The number of para-hydroxylation sites is 2. The van der Waals surface area contributed by atoms with E-state index in [1.165, 1.54) is 15.6 Å². The highest BCUT2D eigenvalue weighted by Gasteiger charge is 2.46. The lowest BCUT2D eigenvalue weighted by Crippen LogP contribution is -2.41. The fourth-order valence-corrected chi connectivity index (χ4v) is 3.01. The number of carbonyl (C=O) groups excluding carboxylic acids is 2. The molecule has 1 aliphatic rings. The molecule has 128 valence electrons. The predicted molar refractivity (Wildman–Crippen MR) is 100 cm³/mol. The molecule has 1 aliphatic heterocycles. The second kappa shape index (κ2) is 7.34. The summed E-state index contributed by atoms with van der Waals surface area (Å²) in [6, 6.07) is 18.6. The number of hydrazine groups is 1. The molecule has 0 aliphatic carbocycles. The molecule has 0 saturated carbocycles. The second-order valence-electron chi connectivity index (χ2n) is 6.38. The standard InChI is InChI=1S/C21H22N2O2/c1-16(2)10-9-15-19-20(24)22(17-11-5-3-6-12-17)23(21(19)25)18-13-7-4-8-14-18/h3-8,10-14,19H,9,15H2,1-2H3. The van der Waals surface area contributed by atoms with Gasteiger partial charge in [0.05, 0.1) is 11.4 Å². The molecule has 1 heterocycles. The molecule has 0 spiro atoms. The number of allylic oxidation sites excluding steroid dienone is 2. The average molecular weight is 334 g/mol. The van der Waals surface area contributed by atoms with Crippen molar-refractivity contribution < 1.29 is 9.59 Å². The summed E-state index contributed by atoms with van der Waals surface area (Å²) in [4.78, 5) is 26.0. The summed E-state index contributed by atoms with van der Waals surface area (Å²) < 4.78 is 0. The zero-order valence-corrected chi connectivity index (χ0v) is 14.6. The normalized spacial score (nSPS) is 15.0. The van der Waals surface area contributed by atoms with Crippen molar-refractivity contribution in [2.45, 2.75) is 26.7 Å². The lowest BCUT2D eigenvalue weighted by molar-refractivity contribution is -0.127. The van der Waals surface area contributed by atoms with E-state index < -0.39 is 5.92 Å². The van der Waals surface area contributed by atoms with Crippen LogP contribution in [-0.2, 0) is 9.59 Å². The van der Waals surface area contributed by atoms with Crippen LogP contribution in [-0.4, -0.2) is 11.8 Å². The lowest BCUT2D eigenvalue weighted by atomic mass is 10.0. The topological polar surface area (TPSA) is 40.6 Å². The van der Waals surface area contributed by atoms with E-state index in [0.29, 0.717) is 17.8 Å². The largest absolute Gasteiger partial charge is 0.272 e. The molecule has 4 nitrogen and oxygen atoms in total. The molecule has 0 bridgehead atoms. The Bertz CT molecular complexity index is 723. The minimum absolute atomic E-state index is 0.165. The maximum Gasteiger partial charge on any atom is 0.258 e. The summed E-state index contributed by atoms with van der Waals surface area (Å²) in [5, 5.41) is 3.01. The number of nitrogens with zero attached hydrogens (tertiary/aromatic N) is 2. The van der Waals surface area contributed by atoms with Crippen LogP contribution in [0.5, 0.6) is 0 Å². The van der Waals surface area contributed by atoms with Crippen molar-refractivity contribution in [1.29, 1.82) is 0 Å². The summed E-state index contributed by atoms with van der Waals surface area (Å²) >= 11 is 0. The Kier molecular flexibility index (Phi) is 4.98. The minimum Gasteiger partial charge on any atom is -0.272 e. The number of rotatable bonds is 5. The molecule has 0 aromatic heterocycles. The van der Waals surface area contributed by atoms with Crippen LogP contribution in [0.15, 0.2) is 72.3 Å². The van der Waals surface area contributed by atoms with Crippen LogP contribution in [0.1, 0.15) is 26.7 Å². The van der Waals surface area contributed by atoms with E-state index in [4.69, 9.17) is 0 Å². The highest BCUT2D eigenvalue weighted by Crippen LogP contribution is 2.33. The first-order valence-electron chi connectivity index (χ1n) is 8.51. The van der Waals surface area contributed by atoms with Gasteiger partial charge < -0.3 is 0 Å². The van der Waals surface area contributed by atoms with Gasteiger partial charge in [-0.3, -0.25) is 9.59 Å². The van der Waals surface area contributed by atoms with E-state index in [0.717, 1.165) is 6.42 Å². The van der Waals surface area contributed by atoms with Gasteiger partial charge in [-0.15, -0.1) is 0 Å². The molecular formula is C21H22N2O2. The smallest absolute Gasteiger partial charge is 0.258 e. The number of carbonyl (C=O) groups is 2. The van der Waals surface area contributed by atoms with Crippen LogP contribution < -0.4 is 10.0 Å². The first kappa shape index (κ1) is 17.0. The van der Waals surface area contributed by atoms with Gasteiger partial charge in [-0.05, 0) is 51.0 Å². The van der Waals surface area contributed by atoms with Gasteiger partial charge >= 0.3 is 0 Å². The monoisotopic (exact) mass is 334 g/mol. The summed E-state index contributed by atoms with van der Waals surface area (Å²) in [5.41, 5.74) is 2.60. The van der Waals surface area contributed by atoms with Crippen molar-refractivity contribution in [3.05, 3.63) is 72.3 Å². The second-order valence-corrected chi connectivity index (χ2v) is 6.38. The molecule has 1 fully saturated rings. The number of hydrogen-bond donors (Lipinski definition) is 0. The summed E-state index contributed by atoms with van der Waals surface area (Å²) in [6.45, 7) is 4.04. The van der Waals surface area contributed by atoms with E-state index in [-0.39, 0.29) is 11.8 Å². The Balaban J connectivity index is 1.97. The molecule has 1 saturated heterocycles. The van der Waals surface area contributed by atoms with Gasteiger partial charge in [0.2, 0.25) is 0 Å². The summed E-state index contributed by atoms with van der Waals surface area (Å²) in [5.74, 6) is -0.972. The molecule has 0 N–H and O–H groups in total. The first-order chi connectivity index (χ1) is 12.1. The van der Waals surface area contributed by atoms with Crippen molar-refractivity contribution >= 4 is 23.2 Å². The van der Waals surface area contributed by atoms with Gasteiger partial charge in [0.15, 0.2) is 0 Å². The zero-order valence-electron chi connectivity index (χ0n) is 14.6. The quantitative estimate of drug-likeness (QED) is 0.603. The fourth-order valence-electron chi connectivity index (χ4n) is 3.01. The average Bonchev–Trinajstić information content (AvgIpc) is 2.87. The summed E-state index contributed by atoms with van der Waals surface area (Å²) in [6.07, 6.45) is 3.31. The molecule has 0 atom stereocenters. The third kappa shape index (κ3) is 3.48. The Morgan fingerprint density at radius 2 is 1.28 bits per heavy atom. The first-order valence-corrected chi connectivity index (χ1v) is 8.51. The number of anilines is 2. The fraction of sp³-hybridized carbons (Fsp3) is 0.238. The molecule has 2 aromatic rings. The van der Waals surface area contributed by atoms with E-state index in [9.17, 15) is 9.59 Å². The lowest BCUT2D eigenvalue weighted by Gasteiger charge is -2.27. The van der Waals surface area contributed by atoms with Crippen molar-refractivity contribution in [2.75, 3.05) is 10.0 Å². The molecule has 0 unspecified atom stereocenters. The number of amides is 2. The van der Waals surface area contributed by atoms with Gasteiger partial charge in [0.1, 0.15) is 5.92 Å². The third-order valence-electron chi connectivity index (χ3n) is 4.22. The minimum atomic E-state index is -0.643. The highest BCUT2D eigenvalue weighted by atomic mass is 16.2. The van der Waals surface area contributed by atoms with Crippen molar-refractivity contribution in [1.82, 2.24) is 0 Å². The van der Waals surface area contributed by atoms with Gasteiger partial charge in [-0.2, -0.15) is 0 Å². The maximum atomic E-state index is 13.0. The van der Waals surface area contributed by atoms with Crippen LogP contribution in [0.3, 0.4) is 0 Å². The molecule has 3 rings (SSSR count). The van der Waals surface area contributed by atoms with Crippen molar-refractivity contribution in [3.8, 4) is 0 Å². The van der Waals surface area contributed by atoms with Crippen LogP contribution in [0.25, 0.3) is 0 Å². The maximum absolute atomic E-state index is 13.0. The third-order valence-corrected chi connectivity index (χ3v) is 4.22. The van der Waals surface area contributed by atoms with Crippen LogP contribution in [0.2, 0.25) is 0 Å². The van der Waals surface area contributed by atoms with Gasteiger partial charge in [0.25, 0.3) is 11.8 Å². The molecule has 25 heavy (non-hydrogen) atoms. The zero-order chi connectivity index (χ0) is 17.8. The van der Waals surface area contributed by atoms with Gasteiger partial charge in [-0.25, -0.2) is 10.0 Å². The van der Waals surface area contributed by atoms with Gasteiger partial charge in [-0.1, -0.05) is 48.0 Å². The van der Waals surface area contributed by atoms with Crippen molar-refractivity contribution in [3.63, 3.8) is 0 Å². The SMILES string of the molecule is CC(C)=CCCC1C(=O)N(c2ccccc2)N(c2ccccc2)C1=O. The van der Waals surface area contributed by atoms with E-state index >= 15 is 0 Å². The van der Waals surface area contributed by atoms with Gasteiger partial charge in [0, 0.05) is 0 Å². The Hall–Kier alpha value is -2.88. The van der Waals surface area contributed by atoms with E-state index in [1.54, 1.807) is 0 Å². The van der Waals surface area contributed by atoms with Crippen LogP contribution in [0.4, 0.5) is 11.4 Å². The van der Waals surface area contributed by atoms with Crippen molar-refractivity contribution in [2.24, 2.45) is 5.92 Å². The van der Waals surface area contributed by atoms with E-state index in [2.05, 4.69) is 6.08 Å². The molecule has 0 radical (unpaired) electrons. The molecule has 4 heteroatoms. The summed E-state index contributed by atoms with van der Waals surface area (Å²) in [7, 11) is 0. The molecule has 2 amide bonds. The Morgan fingerprint density at radius 1 is 0.840 bits per heavy atom. The molecular weight excluding hydrogens is 312 g/mol. The number of hydrogen-bond acceptors (Lipinski definition) is 2. The van der Waals surface area contributed by atoms with E-state index in [1.807, 2.05) is 74.5 Å². The Labute approximate surface area is 148 Å². The number of benzene rings is 2.